The van der Waals surface area contributed by atoms with Crippen LogP contribution >= 0.6 is 0 Å². The Bertz CT molecular complexity index is 1120. The van der Waals surface area contributed by atoms with E-state index >= 15 is 0 Å². The monoisotopic (exact) mass is 369 g/mol. The molecule has 136 valence electrons. The van der Waals surface area contributed by atoms with Crippen molar-refractivity contribution in [3.63, 3.8) is 0 Å². The fourth-order valence-electron chi connectivity index (χ4n) is 2.78. The molecular weight excluding hydrogens is 355 g/mol. The lowest BCUT2D eigenvalue weighted by atomic mass is 10.1. The predicted octanol–water partition coefficient (Wildman–Crippen LogP) is 4.79. The Hall–Kier alpha value is -3.42. The van der Waals surface area contributed by atoms with Gasteiger partial charge in [0.1, 0.15) is 0 Å². The van der Waals surface area contributed by atoms with Crippen molar-refractivity contribution in [2.75, 3.05) is 5.32 Å². The molecule has 0 atom stereocenters. The van der Waals surface area contributed by atoms with Gasteiger partial charge in [0.25, 0.3) is 0 Å². The maximum absolute atomic E-state index is 12.9. The topological polar surface area (TPSA) is 55.6 Å². The zero-order valence-corrected chi connectivity index (χ0v) is 14.2. The van der Waals surface area contributed by atoms with Crippen LogP contribution in [0.15, 0.2) is 61.1 Å². The number of nitrogens with one attached hydrogen (secondary N) is 1. The molecule has 27 heavy (non-hydrogen) atoms. The Morgan fingerprint density at radius 2 is 1.85 bits per heavy atom. The lowest BCUT2D eigenvalue weighted by Gasteiger charge is -2.10. The van der Waals surface area contributed by atoms with Gasteiger partial charge in [0.2, 0.25) is 5.95 Å². The molecule has 2 aromatic heterocycles. The van der Waals surface area contributed by atoms with Crippen LogP contribution < -0.4 is 5.32 Å². The van der Waals surface area contributed by atoms with Crippen LogP contribution in [-0.4, -0.2) is 19.5 Å². The number of imidazole rings is 1. The van der Waals surface area contributed by atoms with Crippen LogP contribution in [0.4, 0.5) is 24.8 Å². The Kier molecular flexibility index (Phi) is 4.02. The van der Waals surface area contributed by atoms with Crippen molar-refractivity contribution < 1.29 is 13.2 Å². The van der Waals surface area contributed by atoms with Gasteiger partial charge in [0.05, 0.1) is 28.6 Å². The van der Waals surface area contributed by atoms with E-state index in [-0.39, 0.29) is 11.6 Å². The van der Waals surface area contributed by atoms with Crippen LogP contribution in [0, 0.1) is 0 Å². The van der Waals surface area contributed by atoms with Crippen molar-refractivity contribution in [3.05, 3.63) is 66.6 Å². The second-order valence-electron chi connectivity index (χ2n) is 6.03. The van der Waals surface area contributed by atoms with Gasteiger partial charge < -0.3 is 9.88 Å². The van der Waals surface area contributed by atoms with E-state index in [2.05, 4.69) is 20.3 Å². The first-order valence-corrected chi connectivity index (χ1v) is 8.09. The Morgan fingerprint density at radius 1 is 1.00 bits per heavy atom. The van der Waals surface area contributed by atoms with Crippen molar-refractivity contribution in [3.8, 4) is 11.3 Å². The van der Waals surface area contributed by atoms with Gasteiger partial charge in [-0.25, -0.2) is 15.0 Å². The van der Waals surface area contributed by atoms with E-state index < -0.39 is 11.7 Å². The zero-order valence-electron chi connectivity index (χ0n) is 14.2. The molecule has 0 fully saturated rings. The Labute approximate surface area is 152 Å². The smallest absolute Gasteiger partial charge is 0.334 e. The minimum Gasteiger partial charge on any atom is -0.334 e. The van der Waals surface area contributed by atoms with E-state index in [1.165, 1.54) is 12.1 Å². The molecule has 0 unspecified atom stereocenters. The molecule has 2 aromatic carbocycles. The summed E-state index contributed by atoms with van der Waals surface area (Å²) in [6.07, 6.45) is -1.12. The van der Waals surface area contributed by atoms with E-state index in [0.717, 1.165) is 28.7 Å². The van der Waals surface area contributed by atoms with Crippen molar-refractivity contribution in [1.29, 1.82) is 0 Å². The summed E-state index contributed by atoms with van der Waals surface area (Å²) >= 11 is 0. The quantitative estimate of drug-likeness (QED) is 0.564. The lowest BCUT2D eigenvalue weighted by molar-refractivity contribution is -0.137. The summed E-state index contributed by atoms with van der Waals surface area (Å²) in [5.74, 6) is 0.216. The highest BCUT2D eigenvalue weighted by Crippen LogP contribution is 2.31. The van der Waals surface area contributed by atoms with E-state index in [1.807, 2.05) is 29.8 Å². The lowest BCUT2D eigenvalue weighted by Crippen LogP contribution is -2.05. The van der Waals surface area contributed by atoms with Gasteiger partial charge in [-0.15, -0.1) is 0 Å². The van der Waals surface area contributed by atoms with Gasteiger partial charge in [-0.3, -0.25) is 0 Å². The highest BCUT2D eigenvalue weighted by Gasteiger charge is 2.30. The number of fused-ring (bicyclic) bond motifs is 1. The first-order valence-electron chi connectivity index (χ1n) is 8.09. The molecule has 0 saturated carbocycles. The van der Waals surface area contributed by atoms with Gasteiger partial charge in [-0.1, -0.05) is 12.1 Å². The summed E-state index contributed by atoms with van der Waals surface area (Å²) in [6.45, 7) is 0. The molecule has 4 aromatic rings. The molecule has 5 nitrogen and oxygen atoms in total. The standard InChI is InChI=1S/C19H14F3N5/c1-27-11-24-16-9-12(5-6-17(16)27)15-7-8-23-18(26-15)25-14-4-2-3-13(10-14)19(20,21)22/h2-11H,1H3,(H,23,25,26). The number of aryl methyl sites for hydroxylation is 1. The van der Waals surface area contributed by atoms with Crippen molar-refractivity contribution in [2.24, 2.45) is 7.05 Å². The average molecular weight is 369 g/mol. The molecule has 0 aliphatic rings. The minimum atomic E-state index is -4.40. The molecule has 0 aliphatic carbocycles. The highest BCUT2D eigenvalue weighted by molar-refractivity contribution is 5.81. The second kappa shape index (κ2) is 6.39. The van der Waals surface area contributed by atoms with Gasteiger partial charge in [0.15, 0.2) is 0 Å². The Morgan fingerprint density at radius 3 is 2.67 bits per heavy atom. The fourth-order valence-corrected chi connectivity index (χ4v) is 2.78. The summed E-state index contributed by atoms with van der Waals surface area (Å²) < 4.78 is 40.5. The first kappa shape index (κ1) is 17.0. The highest BCUT2D eigenvalue weighted by atomic mass is 19.4. The van der Waals surface area contributed by atoms with Crippen LogP contribution in [0.25, 0.3) is 22.3 Å². The number of hydrogen-bond donors (Lipinski definition) is 1. The predicted molar refractivity (Wildman–Crippen MR) is 96.5 cm³/mol. The van der Waals surface area contributed by atoms with Crippen LogP contribution in [0.2, 0.25) is 0 Å². The van der Waals surface area contributed by atoms with E-state index in [0.29, 0.717) is 5.69 Å². The summed E-state index contributed by atoms with van der Waals surface area (Å²) in [5.41, 5.74) is 2.85. The van der Waals surface area contributed by atoms with E-state index in [9.17, 15) is 13.2 Å². The number of rotatable bonds is 3. The number of anilines is 2. The number of nitrogens with zero attached hydrogens (tertiary/aromatic N) is 4. The maximum Gasteiger partial charge on any atom is 0.416 e. The van der Waals surface area contributed by atoms with E-state index in [4.69, 9.17) is 0 Å². The molecule has 0 aliphatic heterocycles. The van der Waals surface area contributed by atoms with Gasteiger partial charge in [-0.05, 0) is 36.4 Å². The molecule has 4 rings (SSSR count). The molecular formula is C19H14F3N5. The second-order valence-corrected chi connectivity index (χ2v) is 6.03. The SMILES string of the molecule is Cn1cnc2cc(-c3ccnc(Nc4cccc(C(F)(F)F)c4)n3)ccc21. The summed E-state index contributed by atoms with van der Waals surface area (Å²) in [4.78, 5) is 12.8. The molecule has 0 saturated heterocycles. The van der Waals surface area contributed by atoms with E-state index in [1.54, 1.807) is 18.6 Å². The number of aromatic nitrogens is 4. The summed E-state index contributed by atoms with van der Waals surface area (Å²) in [7, 11) is 1.91. The summed E-state index contributed by atoms with van der Waals surface area (Å²) in [5, 5.41) is 2.83. The third-order valence-corrected chi connectivity index (χ3v) is 4.12. The van der Waals surface area contributed by atoms with Crippen molar-refractivity contribution in [1.82, 2.24) is 19.5 Å². The largest absolute Gasteiger partial charge is 0.416 e. The molecule has 0 radical (unpaired) electrons. The molecule has 0 bridgehead atoms. The molecule has 8 heteroatoms. The van der Waals surface area contributed by atoms with Gasteiger partial charge >= 0.3 is 6.18 Å². The van der Waals surface area contributed by atoms with Crippen LogP contribution in [0.5, 0.6) is 0 Å². The molecule has 1 N–H and O–H groups in total. The third kappa shape index (κ3) is 3.46. The minimum absolute atomic E-state index is 0.216. The maximum atomic E-state index is 12.9. The van der Waals surface area contributed by atoms with Gasteiger partial charge in [-0.2, -0.15) is 13.2 Å². The van der Waals surface area contributed by atoms with Crippen molar-refractivity contribution in [2.45, 2.75) is 6.18 Å². The third-order valence-electron chi connectivity index (χ3n) is 4.12. The number of alkyl halides is 3. The number of hydrogen-bond acceptors (Lipinski definition) is 4. The fraction of sp³-hybridized carbons (Fsp3) is 0.105. The number of halogens is 3. The normalized spacial score (nSPS) is 11.7. The van der Waals surface area contributed by atoms with Gasteiger partial charge in [0, 0.05) is 24.5 Å². The molecule has 0 spiro atoms. The van der Waals surface area contributed by atoms with Crippen LogP contribution in [-0.2, 0) is 13.2 Å². The van der Waals surface area contributed by atoms with Crippen LogP contribution in [0.1, 0.15) is 5.56 Å². The Balaban J connectivity index is 1.64. The van der Waals surface area contributed by atoms with Crippen LogP contribution in [0.3, 0.4) is 0 Å². The summed E-state index contributed by atoms with van der Waals surface area (Å²) in [6, 6.07) is 12.4. The molecule has 2 heterocycles. The first-order chi connectivity index (χ1) is 12.9. The zero-order chi connectivity index (χ0) is 19.0. The number of benzene rings is 2. The molecule has 0 amide bonds. The average Bonchev–Trinajstić information content (AvgIpc) is 3.02. The van der Waals surface area contributed by atoms with Crippen molar-refractivity contribution >= 4 is 22.7 Å².